The Kier molecular flexibility index (Phi) is 2.86. The summed E-state index contributed by atoms with van der Waals surface area (Å²) in [4.78, 5) is 2.20. The largest absolute Gasteiger partial charge is 0.355 e. The van der Waals surface area contributed by atoms with Crippen LogP contribution in [0.2, 0.25) is 0 Å². The molecule has 0 amide bonds. The van der Waals surface area contributed by atoms with Crippen molar-refractivity contribution in [3.63, 3.8) is 0 Å². The van der Waals surface area contributed by atoms with E-state index in [9.17, 15) is 0 Å². The first kappa shape index (κ1) is 10.4. The van der Waals surface area contributed by atoms with E-state index in [1.54, 1.807) is 0 Å². The molecule has 1 aliphatic carbocycles. The summed E-state index contributed by atoms with van der Waals surface area (Å²) in [5.74, 6) is 1.78. The third-order valence-corrected chi connectivity index (χ3v) is 3.19. The molecule has 2 rings (SSSR count). The third kappa shape index (κ3) is 2.26. The van der Waals surface area contributed by atoms with Crippen LogP contribution in [0.4, 0.5) is 5.82 Å². The van der Waals surface area contributed by atoms with Gasteiger partial charge in [-0.15, -0.1) is 5.10 Å². The summed E-state index contributed by atoms with van der Waals surface area (Å²) in [5.41, 5.74) is 6.32. The van der Waals surface area contributed by atoms with Crippen LogP contribution in [0.25, 0.3) is 0 Å². The Labute approximate surface area is 90.5 Å². The standard InChI is InChI=1S/C11H18N4/c1-8(9-3-4-9)15(2)11-6-5-10(7-12)13-14-11/h5-6,8-9H,3-4,7,12H2,1-2H3. The van der Waals surface area contributed by atoms with E-state index in [-0.39, 0.29) is 0 Å². The van der Waals surface area contributed by atoms with Crippen LogP contribution in [0.3, 0.4) is 0 Å². The van der Waals surface area contributed by atoms with Crippen molar-refractivity contribution in [3.8, 4) is 0 Å². The van der Waals surface area contributed by atoms with Crippen LogP contribution in [0.15, 0.2) is 12.1 Å². The first-order chi connectivity index (χ1) is 7.22. The molecule has 0 bridgehead atoms. The molecule has 1 heterocycles. The van der Waals surface area contributed by atoms with Gasteiger partial charge in [0.25, 0.3) is 0 Å². The van der Waals surface area contributed by atoms with Crippen molar-refractivity contribution >= 4 is 5.82 Å². The second-order valence-corrected chi connectivity index (χ2v) is 4.28. The normalized spacial score (nSPS) is 17.5. The van der Waals surface area contributed by atoms with Gasteiger partial charge in [0.05, 0.1) is 5.69 Å². The van der Waals surface area contributed by atoms with Gasteiger partial charge in [-0.25, -0.2) is 0 Å². The van der Waals surface area contributed by atoms with Crippen molar-refractivity contribution in [1.82, 2.24) is 10.2 Å². The van der Waals surface area contributed by atoms with Gasteiger partial charge >= 0.3 is 0 Å². The monoisotopic (exact) mass is 206 g/mol. The van der Waals surface area contributed by atoms with E-state index < -0.39 is 0 Å². The Balaban J connectivity index is 2.07. The number of hydrogen-bond donors (Lipinski definition) is 1. The molecule has 0 saturated heterocycles. The molecule has 1 unspecified atom stereocenters. The predicted octanol–water partition coefficient (Wildman–Crippen LogP) is 1.17. The van der Waals surface area contributed by atoms with Gasteiger partial charge in [0.2, 0.25) is 0 Å². The average molecular weight is 206 g/mol. The van der Waals surface area contributed by atoms with Crippen molar-refractivity contribution in [1.29, 1.82) is 0 Å². The maximum Gasteiger partial charge on any atom is 0.151 e. The highest BCUT2D eigenvalue weighted by molar-refractivity contribution is 5.37. The molecular formula is C11H18N4. The van der Waals surface area contributed by atoms with Crippen molar-refractivity contribution in [3.05, 3.63) is 17.8 Å². The Hall–Kier alpha value is -1.16. The van der Waals surface area contributed by atoms with E-state index >= 15 is 0 Å². The molecule has 0 aliphatic heterocycles. The minimum absolute atomic E-state index is 0.454. The maximum absolute atomic E-state index is 5.48. The van der Waals surface area contributed by atoms with Crippen molar-refractivity contribution in [2.75, 3.05) is 11.9 Å². The molecule has 0 aromatic carbocycles. The molecular weight excluding hydrogens is 188 g/mol. The van der Waals surface area contributed by atoms with Gasteiger partial charge in [0.15, 0.2) is 5.82 Å². The zero-order valence-corrected chi connectivity index (χ0v) is 9.35. The first-order valence-corrected chi connectivity index (χ1v) is 5.48. The lowest BCUT2D eigenvalue weighted by molar-refractivity contribution is 0.600. The number of nitrogens with zero attached hydrogens (tertiary/aromatic N) is 3. The van der Waals surface area contributed by atoms with Gasteiger partial charge in [0.1, 0.15) is 0 Å². The molecule has 4 nitrogen and oxygen atoms in total. The minimum atomic E-state index is 0.454. The molecule has 2 N–H and O–H groups in total. The van der Waals surface area contributed by atoms with Crippen LogP contribution in [-0.2, 0) is 6.54 Å². The van der Waals surface area contributed by atoms with Gasteiger partial charge < -0.3 is 10.6 Å². The van der Waals surface area contributed by atoms with Gasteiger partial charge in [0, 0.05) is 19.6 Å². The van der Waals surface area contributed by atoms with E-state index in [2.05, 4.69) is 29.1 Å². The number of nitrogens with two attached hydrogens (primary N) is 1. The second kappa shape index (κ2) is 4.14. The van der Waals surface area contributed by atoms with Crippen LogP contribution in [0, 0.1) is 5.92 Å². The van der Waals surface area contributed by atoms with Crippen molar-refractivity contribution < 1.29 is 0 Å². The Bertz CT molecular complexity index is 318. The zero-order chi connectivity index (χ0) is 10.8. The molecule has 0 radical (unpaired) electrons. The quantitative estimate of drug-likeness (QED) is 0.803. The smallest absolute Gasteiger partial charge is 0.151 e. The molecule has 1 saturated carbocycles. The van der Waals surface area contributed by atoms with Crippen LogP contribution in [-0.4, -0.2) is 23.3 Å². The Morgan fingerprint density at radius 1 is 1.47 bits per heavy atom. The summed E-state index contributed by atoms with van der Waals surface area (Å²) in [6.07, 6.45) is 2.69. The summed E-state index contributed by atoms with van der Waals surface area (Å²) < 4.78 is 0. The third-order valence-electron chi connectivity index (χ3n) is 3.19. The molecule has 1 fully saturated rings. The second-order valence-electron chi connectivity index (χ2n) is 4.28. The highest BCUT2D eigenvalue weighted by atomic mass is 15.3. The van der Waals surface area contributed by atoms with Gasteiger partial charge in [-0.3, -0.25) is 0 Å². The van der Waals surface area contributed by atoms with E-state index in [0.717, 1.165) is 17.4 Å². The average Bonchev–Trinajstić information content (AvgIpc) is 3.11. The summed E-state index contributed by atoms with van der Waals surface area (Å²) in [6, 6.07) is 4.50. The SMILES string of the molecule is CC(C1CC1)N(C)c1ccc(CN)nn1. The number of anilines is 1. The minimum Gasteiger partial charge on any atom is -0.355 e. The topological polar surface area (TPSA) is 55.0 Å². The fourth-order valence-electron chi connectivity index (χ4n) is 1.75. The molecule has 82 valence electrons. The molecule has 1 aromatic heterocycles. The maximum atomic E-state index is 5.48. The van der Waals surface area contributed by atoms with Crippen LogP contribution < -0.4 is 10.6 Å². The van der Waals surface area contributed by atoms with E-state index in [1.165, 1.54) is 12.8 Å². The molecule has 15 heavy (non-hydrogen) atoms. The molecule has 1 aromatic rings. The van der Waals surface area contributed by atoms with E-state index in [1.807, 2.05) is 12.1 Å². The number of hydrogen-bond acceptors (Lipinski definition) is 4. The summed E-state index contributed by atoms with van der Waals surface area (Å²) in [6.45, 7) is 2.70. The lowest BCUT2D eigenvalue weighted by Gasteiger charge is -2.25. The predicted molar refractivity (Wildman–Crippen MR) is 60.5 cm³/mol. The molecule has 4 heteroatoms. The van der Waals surface area contributed by atoms with Crippen molar-refractivity contribution in [2.24, 2.45) is 11.7 Å². The number of rotatable bonds is 4. The molecule has 1 aliphatic rings. The summed E-state index contributed by atoms with van der Waals surface area (Å²) in [5, 5.41) is 8.24. The van der Waals surface area contributed by atoms with Crippen LogP contribution in [0.1, 0.15) is 25.5 Å². The highest BCUT2D eigenvalue weighted by Crippen LogP contribution is 2.35. The lowest BCUT2D eigenvalue weighted by atomic mass is 10.2. The first-order valence-electron chi connectivity index (χ1n) is 5.48. The van der Waals surface area contributed by atoms with Gasteiger partial charge in [-0.2, -0.15) is 5.10 Å². The zero-order valence-electron chi connectivity index (χ0n) is 9.35. The summed E-state index contributed by atoms with van der Waals surface area (Å²) >= 11 is 0. The molecule has 0 spiro atoms. The van der Waals surface area contributed by atoms with E-state index in [4.69, 9.17) is 5.73 Å². The van der Waals surface area contributed by atoms with Crippen LogP contribution >= 0.6 is 0 Å². The van der Waals surface area contributed by atoms with Gasteiger partial charge in [-0.1, -0.05) is 0 Å². The highest BCUT2D eigenvalue weighted by Gasteiger charge is 2.31. The van der Waals surface area contributed by atoms with Crippen LogP contribution in [0.5, 0.6) is 0 Å². The fraction of sp³-hybridized carbons (Fsp3) is 0.636. The Morgan fingerprint density at radius 2 is 2.20 bits per heavy atom. The summed E-state index contributed by atoms with van der Waals surface area (Å²) in [7, 11) is 2.08. The molecule has 1 atom stereocenters. The van der Waals surface area contributed by atoms with Crippen molar-refractivity contribution in [2.45, 2.75) is 32.4 Å². The fourth-order valence-corrected chi connectivity index (χ4v) is 1.75. The van der Waals surface area contributed by atoms with E-state index in [0.29, 0.717) is 12.6 Å². The van der Waals surface area contributed by atoms with Gasteiger partial charge in [-0.05, 0) is 37.8 Å². The number of aromatic nitrogens is 2. The lowest BCUT2D eigenvalue weighted by Crippen LogP contribution is -2.31. The Morgan fingerprint density at radius 3 is 2.67 bits per heavy atom.